The molecule has 0 saturated heterocycles. The van der Waals surface area contributed by atoms with Crippen molar-refractivity contribution in [1.29, 1.82) is 0 Å². The van der Waals surface area contributed by atoms with Crippen LogP contribution in [0.3, 0.4) is 0 Å². The maximum absolute atomic E-state index is 12.2. The average Bonchev–Trinajstić information content (AvgIpc) is 2.29. The standard InChI is InChI=1S/C11H17ClN2O2S/c1-3-6-14(2)17(15,16)11-7-9(8-13)4-5-10(11)12/h4-5,7H,3,6,8,13H2,1-2H3. The van der Waals surface area contributed by atoms with E-state index in [1.54, 1.807) is 19.2 Å². The predicted octanol–water partition coefficient (Wildman–Crippen LogP) is 1.83. The van der Waals surface area contributed by atoms with Gasteiger partial charge in [-0.25, -0.2) is 12.7 Å². The Morgan fingerprint density at radius 3 is 2.59 bits per heavy atom. The van der Waals surface area contributed by atoms with Crippen LogP contribution < -0.4 is 5.73 Å². The van der Waals surface area contributed by atoms with E-state index in [9.17, 15) is 8.42 Å². The number of halogens is 1. The van der Waals surface area contributed by atoms with Crippen LogP contribution in [0, 0.1) is 0 Å². The van der Waals surface area contributed by atoms with Crippen molar-refractivity contribution in [2.75, 3.05) is 13.6 Å². The summed E-state index contributed by atoms with van der Waals surface area (Å²) in [5.74, 6) is 0. The Balaban J connectivity index is 3.22. The summed E-state index contributed by atoms with van der Waals surface area (Å²) in [6, 6.07) is 4.82. The lowest BCUT2D eigenvalue weighted by molar-refractivity contribution is 0.468. The molecule has 0 aliphatic carbocycles. The third kappa shape index (κ3) is 3.19. The highest BCUT2D eigenvalue weighted by Crippen LogP contribution is 2.25. The average molecular weight is 277 g/mol. The van der Waals surface area contributed by atoms with Gasteiger partial charge in [0.15, 0.2) is 0 Å². The minimum Gasteiger partial charge on any atom is -0.326 e. The zero-order valence-electron chi connectivity index (χ0n) is 9.98. The van der Waals surface area contributed by atoms with Crippen LogP contribution in [0.4, 0.5) is 0 Å². The SMILES string of the molecule is CCCN(C)S(=O)(=O)c1cc(CN)ccc1Cl. The van der Waals surface area contributed by atoms with E-state index in [1.165, 1.54) is 10.4 Å². The zero-order valence-corrected chi connectivity index (χ0v) is 11.6. The monoisotopic (exact) mass is 276 g/mol. The molecule has 0 radical (unpaired) electrons. The summed E-state index contributed by atoms with van der Waals surface area (Å²) in [6.45, 7) is 2.67. The Labute approximate surface area is 107 Å². The van der Waals surface area contributed by atoms with Crippen LogP contribution in [0.15, 0.2) is 23.1 Å². The highest BCUT2D eigenvalue weighted by atomic mass is 35.5. The first-order valence-corrected chi connectivity index (χ1v) is 7.20. The Kier molecular flexibility index (Phi) is 4.94. The number of sulfonamides is 1. The fraction of sp³-hybridized carbons (Fsp3) is 0.455. The first-order chi connectivity index (χ1) is 7.93. The first-order valence-electron chi connectivity index (χ1n) is 5.38. The molecule has 1 aromatic rings. The highest BCUT2D eigenvalue weighted by molar-refractivity contribution is 7.89. The van der Waals surface area contributed by atoms with E-state index >= 15 is 0 Å². The van der Waals surface area contributed by atoms with Crippen molar-refractivity contribution in [2.45, 2.75) is 24.8 Å². The lowest BCUT2D eigenvalue weighted by atomic mass is 10.2. The molecule has 0 spiro atoms. The zero-order chi connectivity index (χ0) is 13.1. The number of nitrogens with zero attached hydrogens (tertiary/aromatic N) is 1. The van der Waals surface area contributed by atoms with E-state index in [0.29, 0.717) is 6.54 Å². The summed E-state index contributed by atoms with van der Waals surface area (Å²) in [7, 11) is -1.97. The van der Waals surface area contributed by atoms with Crippen LogP contribution in [0.5, 0.6) is 0 Å². The van der Waals surface area contributed by atoms with Crippen molar-refractivity contribution in [3.8, 4) is 0 Å². The van der Waals surface area contributed by atoms with Gasteiger partial charge in [0.2, 0.25) is 10.0 Å². The van der Waals surface area contributed by atoms with E-state index in [2.05, 4.69) is 0 Å². The van der Waals surface area contributed by atoms with Crippen LogP contribution in [0.25, 0.3) is 0 Å². The van der Waals surface area contributed by atoms with Crippen LogP contribution in [-0.4, -0.2) is 26.3 Å². The number of benzene rings is 1. The molecule has 17 heavy (non-hydrogen) atoms. The second kappa shape index (κ2) is 5.82. The molecule has 0 unspecified atom stereocenters. The molecule has 0 aliphatic rings. The van der Waals surface area contributed by atoms with Crippen LogP contribution in [0.2, 0.25) is 5.02 Å². The van der Waals surface area contributed by atoms with E-state index in [4.69, 9.17) is 17.3 Å². The summed E-state index contributed by atoms with van der Waals surface area (Å²) < 4.78 is 25.7. The first kappa shape index (κ1) is 14.4. The quantitative estimate of drug-likeness (QED) is 0.892. The lowest BCUT2D eigenvalue weighted by Crippen LogP contribution is -2.28. The molecule has 96 valence electrons. The molecular formula is C11H17ClN2O2S. The molecule has 1 aromatic carbocycles. The Morgan fingerprint density at radius 1 is 1.41 bits per heavy atom. The fourth-order valence-electron chi connectivity index (χ4n) is 1.48. The lowest BCUT2D eigenvalue weighted by Gasteiger charge is -2.17. The van der Waals surface area contributed by atoms with Crippen molar-refractivity contribution in [2.24, 2.45) is 5.73 Å². The molecule has 1 rings (SSSR count). The number of rotatable bonds is 5. The van der Waals surface area contributed by atoms with Crippen molar-refractivity contribution < 1.29 is 8.42 Å². The molecule has 0 bridgehead atoms. The van der Waals surface area contributed by atoms with Gasteiger partial charge in [-0.05, 0) is 24.1 Å². The van der Waals surface area contributed by atoms with Gasteiger partial charge in [-0.15, -0.1) is 0 Å². The van der Waals surface area contributed by atoms with E-state index in [1.807, 2.05) is 6.92 Å². The third-order valence-electron chi connectivity index (χ3n) is 2.46. The van der Waals surface area contributed by atoms with Gasteiger partial charge in [0.1, 0.15) is 4.90 Å². The molecular weight excluding hydrogens is 260 g/mol. The van der Waals surface area contributed by atoms with E-state index in [0.717, 1.165) is 12.0 Å². The van der Waals surface area contributed by atoms with Crippen LogP contribution in [-0.2, 0) is 16.6 Å². The minimum atomic E-state index is -3.52. The molecule has 6 heteroatoms. The number of hydrogen-bond donors (Lipinski definition) is 1. The molecule has 0 heterocycles. The summed E-state index contributed by atoms with van der Waals surface area (Å²) in [5, 5.41) is 0.227. The minimum absolute atomic E-state index is 0.123. The normalized spacial score (nSPS) is 12.1. The van der Waals surface area contributed by atoms with Gasteiger partial charge in [-0.1, -0.05) is 24.6 Å². The molecule has 0 fully saturated rings. The molecule has 0 saturated carbocycles. The summed E-state index contributed by atoms with van der Waals surface area (Å²) in [6.07, 6.45) is 0.754. The summed E-state index contributed by atoms with van der Waals surface area (Å²) >= 11 is 5.94. The van der Waals surface area contributed by atoms with Gasteiger partial charge in [0.25, 0.3) is 0 Å². The predicted molar refractivity (Wildman–Crippen MR) is 69.5 cm³/mol. The largest absolute Gasteiger partial charge is 0.326 e. The van der Waals surface area contributed by atoms with E-state index < -0.39 is 10.0 Å². The molecule has 0 atom stereocenters. The maximum Gasteiger partial charge on any atom is 0.244 e. The van der Waals surface area contributed by atoms with Crippen molar-refractivity contribution in [1.82, 2.24) is 4.31 Å². The maximum atomic E-state index is 12.2. The summed E-state index contributed by atoms with van der Waals surface area (Å²) in [4.78, 5) is 0.123. The van der Waals surface area contributed by atoms with Crippen LogP contribution in [0.1, 0.15) is 18.9 Å². The van der Waals surface area contributed by atoms with Crippen molar-refractivity contribution in [3.63, 3.8) is 0 Å². The number of hydrogen-bond acceptors (Lipinski definition) is 3. The van der Waals surface area contributed by atoms with Gasteiger partial charge in [0, 0.05) is 20.1 Å². The molecule has 0 amide bonds. The van der Waals surface area contributed by atoms with Gasteiger partial charge < -0.3 is 5.73 Å². The van der Waals surface area contributed by atoms with Gasteiger partial charge >= 0.3 is 0 Å². The van der Waals surface area contributed by atoms with Crippen LogP contribution >= 0.6 is 11.6 Å². The topological polar surface area (TPSA) is 63.4 Å². The van der Waals surface area contributed by atoms with Gasteiger partial charge in [-0.2, -0.15) is 0 Å². The Hall–Kier alpha value is -0.620. The molecule has 4 nitrogen and oxygen atoms in total. The highest BCUT2D eigenvalue weighted by Gasteiger charge is 2.23. The van der Waals surface area contributed by atoms with Gasteiger partial charge in [0.05, 0.1) is 5.02 Å². The van der Waals surface area contributed by atoms with Crippen molar-refractivity contribution in [3.05, 3.63) is 28.8 Å². The van der Waals surface area contributed by atoms with E-state index in [-0.39, 0.29) is 16.5 Å². The second-order valence-corrected chi connectivity index (χ2v) is 6.22. The Morgan fingerprint density at radius 2 is 2.06 bits per heavy atom. The third-order valence-corrected chi connectivity index (χ3v) is 4.80. The molecule has 2 N–H and O–H groups in total. The molecule has 0 aliphatic heterocycles. The van der Waals surface area contributed by atoms with Gasteiger partial charge in [-0.3, -0.25) is 0 Å². The van der Waals surface area contributed by atoms with Crippen molar-refractivity contribution >= 4 is 21.6 Å². The molecule has 0 aromatic heterocycles. The summed E-state index contributed by atoms with van der Waals surface area (Å²) in [5.41, 5.74) is 6.24. The Bertz CT molecular complexity index is 488. The fourth-order valence-corrected chi connectivity index (χ4v) is 3.26. The second-order valence-electron chi connectivity index (χ2n) is 3.80. The number of nitrogens with two attached hydrogens (primary N) is 1. The smallest absolute Gasteiger partial charge is 0.244 e.